The number of anilines is 1. The van der Waals surface area contributed by atoms with Gasteiger partial charge in [-0.25, -0.2) is 0 Å². The van der Waals surface area contributed by atoms with E-state index in [1.807, 2.05) is 11.3 Å². The first-order valence-electron chi connectivity index (χ1n) is 5.44. The standard InChI is InChI=1S/C11H15N3S/c1-6-2-3-8-7(4-6)9-10(12)13-5-14-11(9)15-8/h5-6,10H,2-4,12H2,1H3,(H,13,14). The van der Waals surface area contributed by atoms with Gasteiger partial charge in [0.05, 0.1) is 6.34 Å². The third-order valence-electron chi connectivity index (χ3n) is 3.27. The molecule has 0 bridgehead atoms. The summed E-state index contributed by atoms with van der Waals surface area (Å²) in [6.07, 6.45) is 5.27. The molecule has 3 N–H and O–H groups in total. The van der Waals surface area contributed by atoms with Crippen LogP contribution in [0.25, 0.3) is 0 Å². The summed E-state index contributed by atoms with van der Waals surface area (Å²) in [6.45, 7) is 2.32. The highest BCUT2D eigenvalue weighted by atomic mass is 32.1. The lowest BCUT2D eigenvalue weighted by Gasteiger charge is -2.21. The molecule has 3 rings (SSSR count). The Morgan fingerprint density at radius 2 is 2.47 bits per heavy atom. The van der Waals surface area contributed by atoms with E-state index in [0.29, 0.717) is 0 Å². The van der Waals surface area contributed by atoms with Gasteiger partial charge < -0.3 is 11.1 Å². The molecule has 2 heterocycles. The normalized spacial score (nSPS) is 28.1. The average molecular weight is 221 g/mol. The molecule has 4 heteroatoms. The van der Waals surface area contributed by atoms with Gasteiger partial charge in [-0.05, 0) is 30.7 Å². The molecule has 1 aliphatic heterocycles. The van der Waals surface area contributed by atoms with Crippen LogP contribution < -0.4 is 11.1 Å². The highest BCUT2D eigenvalue weighted by molar-refractivity contribution is 7.16. The Labute approximate surface area is 93.4 Å². The first kappa shape index (κ1) is 9.36. The van der Waals surface area contributed by atoms with E-state index >= 15 is 0 Å². The Bertz CT molecular complexity index is 422. The predicted molar refractivity (Wildman–Crippen MR) is 64.6 cm³/mol. The fraction of sp³-hybridized carbons (Fsp3) is 0.545. The molecule has 0 aromatic carbocycles. The van der Waals surface area contributed by atoms with Crippen LogP contribution in [0.2, 0.25) is 0 Å². The Balaban J connectivity index is 2.10. The van der Waals surface area contributed by atoms with Gasteiger partial charge in [0, 0.05) is 10.4 Å². The molecule has 0 amide bonds. The van der Waals surface area contributed by atoms with Crippen molar-refractivity contribution in [3.05, 3.63) is 16.0 Å². The summed E-state index contributed by atoms with van der Waals surface area (Å²) < 4.78 is 0. The molecule has 3 nitrogen and oxygen atoms in total. The first-order chi connectivity index (χ1) is 7.25. The van der Waals surface area contributed by atoms with E-state index in [4.69, 9.17) is 5.73 Å². The molecular weight excluding hydrogens is 206 g/mol. The van der Waals surface area contributed by atoms with Crippen molar-refractivity contribution in [2.45, 2.75) is 32.4 Å². The SMILES string of the molecule is CC1CCc2sc3c(c2C1)C(N)N=CN3. The first-order valence-corrected chi connectivity index (χ1v) is 6.25. The van der Waals surface area contributed by atoms with Crippen LogP contribution in [0.3, 0.4) is 0 Å². The van der Waals surface area contributed by atoms with Gasteiger partial charge in [0.15, 0.2) is 0 Å². The number of hydrogen-bond acceptors (Lipinski definition) is 4. The van der Waals surface area contributed by atoms with Crippen LogP contribution in [0, 0.1) is 5.92 Å². The summed E-state index contributed by atoms with van der Waals surface area (Å²) in [7, 11) is 0. The van der Waals surface area contributed by atoms with Crippen molar-refractivity contribution in [1.29, 1.82) is 0 Å². The number of fused-ring (bicyclic) bond motifs is 3. The van der Waals surface area contributed by atoms with E-state index in [0.717, 1.165) is 5.92 Å². The van der Waals surface area contributed by atoms with Crippen molar-refractivity contribution in [3.63, 3.8) is 0 Å². The Hall–Kier alpha value is -0.870. The molecule has 0 saturated carbocycles. The average Bonchev–Trinajstić information content (AvgIpc) is 2.57. The van der Waals surface area contributed by atoms with Crippen LogP contribution in [0.15, 0.2) is 4.99 Å². The van der Waals surface area contributed by atoms with Crippen LogP contribution in [-0.4, -0.2) is 6.34 Å². The maximum atomic E-state index is 6.03. The van der Waals surface area contributed by atoms with Gasteiger partial charge in [-0.1, -0.05) is 6.92 Å². The lowest BCUT2D eigenvalue weighted by molar-refractivity contribution is 0.501. The maximum Gasteiger partial charge on any atom is 0.127 e. The minimum atomic E-state index is -0.147. The molecule has 15 heavy (non-hydrogen) atoms. The number of nitrogens with zero attached hydrogens (tertiary/aromatic N) is 1. The Morgan fingerprint density at radius 1 is 1.60 bits per heavy atom. The van der Waals surface area contributed by atoms with Crippen molar-refractivity contribution in [1.82, 2.24) is 0 Å². The molecule has 2 atom stereocenters. The minimum Gasteiger partial charge on any atom is -0.338 e. The highest BCUT2D eigenvalue weighted by Crippen LogP contribution is 2.43. The number of hydrogen-bond donors (Lipinski definition) is 2. The van der Waals surface area contributed by atoms with Crippen LogP contribution in [0.1, 0.15) is 35.5 Å². The van der Waals surface area contributed by atoms with Gasteiger partial charge >= 0.3 is 0 Å². The third-order valence-corrected chi connectivity index (χ3v) is 4.51. The second kappa shape index (κ2) is 3.32. The number of nitrogens with two attached hydrogens (primary N) is 1. The number of thiophene rings is 1. The van der Waals surface area contributed by atoms with Crippen LogP contribution in [0.5, 0.6) is 0 Å². The summed E-state index contributed by atoms with van der Waals surface area (Å²) in [5.74, 6) is 0.786. The minimum absolute atomic E-state index is 0.147. The lowest BCUT2D eigenvalue weighted by atomic mass is 9.87. The topological polar surface area (TPSA) is 50.4 Å². The molecule has 0 radical (unpaired) electrons. The monoisotopic (exact) mass is 221 g/mol. The summed E-state index contributed by atoms with van der Waals surface area (Å²) in [5.41, 5.74) is 8.76. The molecule has 80 valence electrons. The largest absolute Gasteiger partial charge is 0.338 e. The molecule has 0 saturated heterocycles. The van der Waals surface area contributed by atoms with Gasteiger partial charge in [0.2, 0.25) is 0 Å². The molecule has 0 fully saturated rings. The molecule has 0 spiro atoms. The van der Waals surface area contributed by atoms with Crippen LogP contribution in [0.4, 0.5) is 5.00 Å². The summed E-state index contributed by atoms with van der Waals surface area (Å²) in [6, 6.07) is 0. The fourth-order valence-corrected chi connectivity index (χ4v) is 3.70. The van der Waals surface area contributed by atoms with Gasteiger partial charge in [0.1, 0.15) is 11.2 Å². The van der Waals surface area contributed by atoms with E-state index in [1.165, 1.54) is 40.3 Å². The number of aryl methyl sites for hydroxylation is 1. The van der Waals surface area contributed by atoms with E-state index in [2.05, 4.69) is 17.2 Å². The Kier molecular flexibility index (Phi) is 2.07. The van der Waals surface area contributed by atoms with Gasteiger partial charge in [-0.3, -0.25) is 4.99 Å². The molecule has 2 unspecified atom stereocenters. The molecule has 1 aromatic rings. The quantitative estimate of drug-likeness (QED) is 0.706. The van der Waals surface area contributed by atoms with Crippen LogP contribution >= 0.6 is 11.3 Å². The zero-order valence-electron chi connectivity index (χ0n) is 8.79. The van der Waals surface area contributed by atoms with Crippen molar-refractivity contribution in [2.75, 3.05) is 5.32 Å². The summed E-state index contributed by atoms with van der Waals surface area (Å²) in [5, 5.41) is 4.43. The zero-order valence-corrected chi connectivity index (χ0v) is 9.60. The predicted octanol–water partition coefficient (Wildman–Crippen LogP) is 2.28. The third kappa shape index (κ3) is 1.40. The van der Waals surface area contributed by atoms with Crippen molar-refractivity contribution >= 4 is 22.7 Å². The van der Waals surface area contributed by atoms with Gasteiger partial charge in [-0.2, -0.15) is 0 Å². The number of aliphatic imine (C=N–C) groups is 1. The molecule has 2 aliphatic rings. The number of rotatable bonds is 0. The summed E-state index contributed by atoms with van der Waals surface area (Å²) in [4.78, 5) is 5.74. The van der Waals surface area contributed by atoms with Crippen molar-refractivity contribution < 1.29 is 0 Å². The van der Waals surface area contributed by atoms with E-state index in [-0.39, 0.29) is 6.17 Å². The van der Waals surface area contributed by atoms with E-state index < -0.39 is 0 Å². The van der Waals surface area contributed by atoms with Crippen LogP contribution in [-0.2, 0) is 12.8 Å². The molecule has 1 aliphatic carbocycles. The van der Waals surface area contributed by atoms with E-state index in [9.17, 15) is 0 Å². The second-order valence-corrected chi connectivity index (χ2v) is 5.57. The lowest BCUT2D eigenvalue weighted by Crippen LogP contribution is -2.18. The highest BCUT2D eigenvalue weighted by Gasteiger charge is 2.27. The fourth-order valence-electron chi connectivity index (χ4n) is 2.45. The smallest absolute Gasteiger partial charge is 0.127 e. The zero-order chi connectivity index (χ0) is 10.4. The van der Waals surface area contributed by atoms with Gasteiger partial charge in [0.25, 0.3) is 0 Å². The van der Waals surface area contributed by atoms with Crippen molar-refractivity contribution in [2.24, 2.45) is 16.6 Å². The second-order valence-electron chi connectivity index (χ2n) is 4.46. The Morgan fingerprint density at radius 3 is 3.33 bits per heavy atom. The summed E-state index contributed by atoms with van der Waals surface area (Å²) >= 11 is 1.86. The maximum absolute atomic E-state index is 6.03. The molecule has 1 aromatic heterocycles. The van der Waals surface area contributed by atoms with Gasteiger partial charge in [-0.15, -0.1) is 11.3 Å². The van der Waals surface area contributed by atoms with E-state index in [1.54, 1.807) is 6.34 Å². The number of nitrogens with one attached hydrogen (secondary N) is 1. The van der Waals surface area contributed by atoms with Crippen molar-refractivity contribution in [3.8, 4) is 0 Å². The molecular formula is C11H15N3S.